The van der Waals surface area contributed by atoms with Crippen molar-refractivity contribution in [1.29, 1.82) is 0 Å². The molecule has 0 aromatic heterocycles. The second kappa shape index (κ2) is 6.36. The largest absolute Gasteiger partial charge is 0.469 e. The van der Waals surface area contributed by atoms with Crippen molar-refractivity contribution in [2.24, 2.45) is 23.2 Å². The number of Topliss-reactive ketones (excluding diaryl/α,β-unsaturated/α-hetero) is 2. The third-order valence-electron chi connectivity index (χ3n) is 7.18. The van der Waals surface area contributed by atoms with E-state index in [1.165, 1.54) is 14.2 Å². The van der Waals surface area contributed by atoms with Crippen molar-refractivity contribution in [2.75, 3.05) is 14.2 Å². The molecule has 5 rings (SSSR count). The van der Waals surface area contributed by atoms with Crippen molar-refractivity contribution in [2.45, 2.75) is 12.3 Å². The molecular formula is C24H20O6. The number of fused-ring (bicyclic) bond motifs is 5. The molecule has 1 fully saturated rings. The summed E-state index contributed by atoms with van der Waals surface area (Å²) in [4.78, 5) is 53.3. The lowest BCUT2D eigenvalue weighted by atomic mass is 9.66. The standard InChI is InChI=1S/C24H20O6/c1-29-22(27)17-16-18(14-9-5-6-10-15(14)20(16)25)24(19(17)23(28)30-2)11-12-7-3-4-8-13(12)21(24)26/h3-10,16-19H,11H2,1-2H3/t16-,17-,18-,19+,24-/m0/s1. The molecule has 1 spiro atoms. The second-order valence-electron chi connectivity index (χ2n) is 8.21. The first-order chi connectivity index (χ1) is 14.5. The van der Waals surface area contributed by atoms with Crippen LogP contribution in [0.15, 0.2) is 48.5 Å². The number of benzene rings is 2. The van der Waals surface area contributed by atoms with Gasteiger partial charge >= 0.3 is 11.9 Å². The van der Waals surface area contributed by atoms with E-state index in [-0.39, 0.29) is 18.0 Å². The number of ether oxygens (including phenoxy) is 2. The van der Waals surface area contributed by atoms with E-state index in [4.69, 9.17) is 9.47 Å². The normalized spacial score (nSPS) is 30.7. The lowest BCUT2D eigenvalue weighted by Gasteiger charge is -2.34. The second-order valence-corrected chi connectivity index (χ2v) is 8.21. The van der Waals surface area contributed by atoms with Crippen LogP contribution in [-0.2, 0) is 25.5 Å². The molecule has 1 saturated carbocycles. The van der Waals surface area contributed by atoms with E-state index >= 15 is 0 Å². The van der Waals surface area contributed by atoms with Crippen molar-refractivity contribution < 1.29 is 28.7 Å². The molecule has 30 heavy (non-hydrogen) atoms. The number of hydrogen-bond donors (Lipinski definition) is 0. The minimum atomic E-state index is -1.26. The fourth-order valence-corrected chi connectivity index (χ4v) is 6.15. The summed E-state index contributed by atoms with van der Waals surface area (Å²) in [5.74, 6) is -5.35. The molecule has 0 unspecified atom stereocenters. The minimum Gasteiger partial charge on any atom is -0.469 e. The summed E-state index contributed by atoms with van der Waals surface area (Å²) in [6.07, 6.45) is 0.276. The average Bonchev–Trinajstić information content (AvgIpc) is 3.35. The van der Waals surface area contributed by atoms with Crippen LogP contribution in [0.3, 0.4) is 0 Å². The van der Waals surface area contributed by atoms with Crippen molar-refractivity contribution in [3.63, 3.8) is 0 Å². The maximum absolute atomic E-state index is 13.9. The maximum Gasteiger partial charge on any atom is 0.310 e. The molecule has 2 aromatic rings. The van der Waals surface area contributed by atoms with Gasteiger partial charge < -0.3 is 9.47 Å². The van der Waals surface area contributed by atoms with Gasteiger partial charge in [-0.05, 0) is 17.5 Å². The number of hydrogen-bond acceptors (Lipinski definition) is 6. The molecule has 2 aromatic carbocycles. The summed E-state index contributed by atoms with van der Waals surface area (Å²) in [6.45, 7) is 0. The third kappa shape index (κ3) is 2.08. The number of esters is 2. The highest BCUT2D eigenvalue weighted by molar-refractivity contribution is 6.14. The minimum absolute atomic E-state index is 0.209. The van der Waals surface area contributed by atoms with Crippen LogP contribution in [0, 0.1) is 23.2 Å². The molecule has 6 nitrogen and oxygen atoms in total. The Morgan fingerprint density at radius 3 is 2.20 bits per heavy atom. The Hall–Kier alpha value is -3.28. The third-order valence-corrected chi connectivity index (χ3v) is 7.18. The molecule has 152 valence electrons. The predicted molar refractivity (Wildman–Crippen MR) is 105 cm³/mol. The Morgan fingerprint density at radius 1 is 0.900 bits per heavy atom. The Labute approximate surface area is 173 Å². The van der Waals surface area contributed by atoms with Crippen molar-refractivity contribution in [3.05, 3.63) is 70.8 Å². The van der Waals surface area contributed by atoms with Crippen LogP contribution in [0.5, 0.6) is 0 Å². The van der Waals surface area contributed by atoms with Crippen LogP contribution < -0.4 is 0 Å². The molecule has 6 heteroatoms. The highest BCUT2D eigenvalue weighted by Gasteiger charge is 2.74. The first kappa shape index (κ1) is 18.7. The zero-order valence-electron chi connectivity index (χ0n) is 16.6. The van der Waals surface area contributed by atoms with E-state index in [2.05, 4.69) is 0 Å². The molecule has 0 aliphatic heterocycles. The predicted octanol–water partition coefficient (Wildman–Crippen LogP) is 2.60. The van der Waals surface area contributed by atoms with Crippen molar-refractivity contribution in [3.8, 4) is 0 Å². The van der Waals surface area contributed by atoms with Gasteiger partial charge in [-0.2, -0.15) is 0 Å². The summed E-state index contributed by atoms with van der Waals surface area (Å²) in [5.41, 5.74) is 1.31. The van der Waals surface area contributed by atoms with Gasteiger partial charge in [-0.3, -0.25) is 19.2 Å². The molecule has 0 saturated heterocycles. The van der Waals surface area contributed by atoms with E-state index < -0.39 is 41.0 Å². The first-order valence-electron chi connectivity index (χ1n) is 9.89. The van der Waals surface area contributed by atoms with Crippen LogP contribution in [-0.4, -0.2) is 37.7 Å². The van der Waals surface area contributed by atoms with Crippen LogP contribution in [0.1, 0.15) is 37.8 Å². The van der Waals surface area contributed by atoms with Gasteiger partial charge in [-0.1, -0.05) is 48.5 Å². The van der Waals surface area contributed by atoms with E-state index in [1.807, 2.05) is 24.3 Å². The number of carbonyl (C=O) groups is 4. The van der Waals surface area contributed by atoms with Crippen LogP contribution in [0.25, 0.3) is 0 Å². The molecule has 5 atom stereocenters. The maximum atomic E-state index is 13.9. The monoisotopic (exact) mass is 404 g/mol. The lowest BCUT2D eigenvalue weighted by Crippen LogP contribution is -2.44. The van der Waals surface area contributed by atoms with Crippen molar-refractivity contribution >= 4 is 23.5 Å². The number of rotatable bonds is 2. The van der Waals surface area contributed by atoms with Gasteiger partial charge in [0.25, 0.3) is 0 Å². The van der Waals surface area contributed by atoms with Gasteiger partial charge in [0.05, 0.1) is 31.5 Å². The Bertz CT molecular complexity index is 1120. The highest BCUT2D eigenvalue weighted by atomic mass is 16.5. The smallest absolute Gasteiger partial charge is 0.310 e. The molecule has 3 aliphatic rings. The summed E-state index contributed by atoms with van der Waals surface area (Å²) >= 11 is 0. The van der Waals surface area contributed by atoms with E-state index in [9.17, 15) is 19.2 Å². The van der Waals surface area contributed by atoms with Gasteiger partial charge in [-0.15, -0.1) is 0 Å². The van der Waals surface area contributed by atoms with Gasteiger partial charge in [0.15, 0.2) is 11.6 Å². The number of methoxy groups -OCH3 is 2. The Kier molecular flexibility index (Phi) is 3.97. The first-order valence-corrected chi connectivity index (χ1v) is 9.89. The van der Waals surface area contributed by atoms with E-state index in [0.717, 1.165) is 5.56 Å². The van der Waals surface area contributed by atoms with Gasteiger partial charge in [0.2, 0.25) is 0 Å². The zero-order chi connectivity index (χ0) is 21.2. The average molecular weight is 404 g/mol. The fourth-order valence-electron chi connectivity index (χ4n) is 6.15. The van der Waals surface area contributed by atoms with Crippen LogP contribution in [0.4, 0.5) is 0 Å². The summed E-state index contributed by atoms with van der Waals surface area (Å²) in [7, 11) is 2.47. The molecule has 3 aliphatic carbocycles. The Balaban J connectivity index is 1.82. The van der Waals surface area contributed by atoms with E-state index in [0.29, 0.717) is 16.7 Å². The zero-order valence-corrected chi connectivity index (χ0v) is 16.6. The molecule has 0 heterocycles. The van der Waals surface area contributed by atoms with E-state index in [1.54, 1.807) is 24.3 Å². The van der Waals surface area contributed by atoms with Gasteiger partial charge in [0, 0.05) is 23.0 Å². The molecule has 0 radical (unpaired) electrons. The summed E-state index contributed by atoms with van der Waals surface area (Å²) in [6, 6.07) is 14.3. The summed E-state index contributed by atoms with van der Waals surface area (Å²) in [5, 5.41) is 0. The SMILES string of the molecule is COC(=O)[C@H]1[C@@H]2C(=O)c3ccccc3[C@@H]2[C@@]2(Cc3ccccc3C2=O)[C@H]1C(=O)OC. The molecule has 0 amide bonds. The Morgan fingerprint density at radius 2 is 1.53 bits per heavy atom. The quantitative estimate of drug-likeness (QED) is 0.715. The van der Waals surface area contributed by atoms with Crippen LogP contribution >= 0.6 is 0 Å². The number of ketones is 2. The summed E-state index contributed by atoms with van der Waals surface area (Å²) < 4.78 is 10.1. The molecule has 0 N–H and O–H groups in total. The van der Waals surface area contributed by atoms with Gasteiger partial charge in [-0.25, -0.2) is 0 Å². The highest BCUT2D eigenvalue weighted by Crippen LogP contribution is 2.67. The van der Waals surface area contributed by atoms with Gasteiger partial charge in [0.1, 0.15) is 0 Å². The van der Waals surface area contributed by atoms with Crippen LogP contribution in [0.2, 0.25) is 0 Å². The molecule has 0 bridgehead atoms. The fraction of sp³-hybridized carbons (Fsp3) is 0.333. The molecular weight excluding hydrogens is 384 g/mol. The number of carbonyl (C=O) groups excluding carboxylic acids is 4. The van der Waals surface area contributed by atoms with Crippen molar-refractivity contribution in [1.82, 2.24) is 0 Å². The topological polar surface area (TPSA) is 86.7 Å². The lowest BCUT2D eigenvalue weighted by molar-refractivity contribution is -0.159.